The number of halogens is 1. The monoisotopic (exact) mass is 247 g/mol. The first-order chi connectivity index (χ1) is 8.58. The number of aliphatic hydroxyl groups excluding tert-OH is 1. The van der Waals surface area contributed by atoms with Gasteiger partial charge in [-0.05, 0) is 37.1 Å². The molecule has 0 fully saturated rings. The van der Waals surface area contributed by atoms with Gasteiger partial charge in [-0.2, -0.15) is 0 Å². The quantitative estimate of drug-likeness (QED) is 0.904. The average Bonchev–Trinajstić information content (AvgIpc) is 2.35. The molecule has 0 spiro atoms. The molecule has 0 saturated heterocycles. The van der Waals surface area contributed by atoms with Crippen LogP contribution >= 0.6 is 0 Å². The molecule has 0 aliphatic rings. The van der Waals surface area contributed by atoms with Gasteiger partial charge in [-0.1, -0.05) is 12.1 Å². The molecule has 1 unspecified atom stereocenters. The Balaban J connectivity index is 2.28. The average molecular weight is 247 g/mol. The minimum atomic E-state index is -0.613. The molecule has 2 rings (SSSR count). The van der Waals surface area contributed by atoms with Gasteiger partial charge in [0.05, 0.1) is 6.10 Å². The van der Waals surface area contributed by atoms with Crippen molar-refractivity contribution in [1.29, 1.82) is 0 Å². The maximum Gasteiger partial charge on any atom is 0.219 e. The van der Waals surface area contributed by atoms with Crippen LogP contribution in [0, 0.1) is 12.7 Å². The zero-order valence-electron chi connectivity index (χ0n) is 10.2. The lowest BCUT2D eigenvalue weighted by Crippen LogP contribution is -1.96. The van der Waals surface area contributed by atoms with E-state index in [1.54, 1.807) is 44.2 Å². The second-order valence-electron chi connectivity index (χ2n) is 4.09. The molecule has 0 bridgehead atoms. The number of hydrogen-bond donors (Lipinski definition) is 1. The first-order valence-corrected chi connectivity index (χ1v) is 5.65. The Morgan fingerprint density at radius 1 is 1.33 bits per heavy atom. The predicted molar refractivity (Wildman–Crippen MR) is 66.1 cm³/mol. The molecular formula is C14H14FNO2. The molecule has 0 aliphatic heterocycles. The van der Waals surface area contributed by atoms with Crippen LogP contribution in [0.1, 0.15) is 24.2 Å². The molecular weight excluding hydrogens is 233 g/mol. The highest BCUT2D eigenvalue weighted by Gasteiger charge is 2.09. The summed E-state index contributed by atoms with van der Waals surface area (Å²) >= 11 is 0. The molecule has 0 saturated carbocycles. The molecule has 1 aromatic carbocycles. The summed E-state index contributed by atoms with van der Waals surface area (Å²) in [5.74, 6) is -0.00936. The maximum absolute atomic E-state index is 13.7. The molecule has 1 heterocycles. The lowest BCUT2D eigenvalue weighted by molar-refractivity contribution is 0.198. The van der Waals surface area contributed by atoms with Crippen LogP contribution in [0.15, 0.2) is 36.5 Å². The fraction of sp³-hybridized carbons (Fsp3) is 0.214. The molecule has 1 N–H and O–H groups in total. The van der Waals surface area contributed by atoms with E-state index in [-0.39, 0.29) is 11.6 Å². The van der Waals surface area contributed by atoms with Gasteiger partial charge in [0.2, 0.25) is 5.88 Å². The van der Waals surface area contributed by atoms with Gasteiger partial charge in [0.25, 0.3) is 0 Å². The van der Waals surface area contributed by atoms with E-state index in [1.807, 2.05) is 0 Å². The molecule has 0 amide bonds. The lowest BCUT2D eigenvalue weighted by Gasteiger charge is -2.09. The molecule has 3 nitrogen and oxygen atoms in total. The molecule has 2 aromatic rings. The van der Waals surface area contributed by atoms with Crippen LogP contribution in [0.3, 0.4) is 0 Å². The largest absolute Gasteiger partial charge is 0.436 e. The van der Waals surface area contributed by atoms with Gasteiger partial charge in [0, 0.05) is 12.3 Å². The van der Waals surface area contributed by atoms with Crippen LogP contribution < -0.4 is 4.74 Å². The fourth-order valence-electron chi connectivity index (χ4n) is 1.55. The van der Waals surface area contributed by atoms with Gasteiger partial charge < -0.3 is 9.84 Å². The Kier molecular flexibility index (Phi) is 3.58. The van der Waals surface area contributed by atoms with Crippen molar-refractivity contribution < 1.29 is 14.2 Å². The number of aliphatic hydroxyl groups is 1. The van der Waals surface area contributed by atoms with Gasteiger partial charge in [0.15, 0.2) is 11.6 Å². The zero-order valence-corrected chi connectivity index (χ0v) is 10.2. The van der Waals surface area contributed by atoms with Crippen LogP contribution in [0.2, 0.25) is 0 Å². The van der Waals surface area contributed by atoms with E-state index in [9.17, 15) is 9.50 Å². The second-order valence-corrected chi connectivity index (χ2v) is 4.09. The van der Waals surface area contributed by atoms with Crippen molar-refractivity contribution in [3.05, 3.63) is 53.5 Å². The highest BCUT2D eigenvalue weighted by Crippen LogP contribution is 2.26. The van der Waals surface area contributed by atoms with E-state index in [1.165, 1.54) is 6.20 Å². The highest BCUT2D eigenvalue weighted by molar-refractivity contribution is 5.34. The summed E-state index contributed by atoms with van der Waals surface area (Å²) in [6, 6.07) is 8.20. The van der Waals surface area contributed by atoms with Crippen molar-refractivity contribution in [2.45, 2.75) is 20.0 Å². The summed E-state index contributed by atoms with van der Waals surface area (Å²) in [6.07, 6.45) is 0.906. The molecule has 18 heavy (non-hydrogen) atoms. The molecule has 1 aromatic heterocycles. The van der Waals surface area contributed by atoms with Crippen molar-refractivity contribution in [3.63, 3.8) is 0 Å². The molecule has 0 radical (unpaired) electrons. The summed E-state index contributed by atoms with van der Waals surface area (Å²) in [7, 11) is 0. The van der Waals surface area contributed by atoms with Crippen LogP contribution in [-0.2, 0) is 0 Å². The normalized spacial score (nSPS) is 12.2. The molecule has 4 heteroatoms. The number of ether oxygens (including phenoxy) is 1. The number of aromatic nitrogens is 1. The number of pyridine rings is 1. The van der Waals surface area contributed by atoms with Crippen molar-refractivity contribution in [1.82, 2.24) is 4.98 Å². The molecule has 94 valence electrons. The highest BCUT2D eigenvalue weighted by atomic mass is 19.1. The topological polar surface area (TPSA) is 42.4 Å². The summed E-state index contributed by atoms with van der Waals surface area (Å²) in [5.41, 5.74) is 1.19. The summed E-state index contributed by atoms with van der Waals surface area (Å²) in [5, 5.41) is 9.46. The van der Waals surface area contributed by atoms with E-state index in [0.717, 1.165) is 0 Å². The van der Waals surface area contributed by atoms with E-state index in [4.69, 9.17) is 4.74 Å². The molecule has 1 atom stereocenters. The van der Waals surface area contributed by atoms with Gasteiger partial charge in [-0.15, -0.1) is 0 Å². The summed E-state index contributed by atoms with van der Waals surface area (Å²) in [4.78, 5) is 3.99. The number of aryl methyl sites for hydroxylation is 1. The third kappa shape index (κ3) is 2.65. The Morgan fingerprint density at radius 2 is 2.11 bits per heavy atom. The summed E-state index contributed by atoms with van der Waals surface area (Å²) in [6.45, 7) is 3.31. The zero-order chi connectivity index (χ0) is 13.1. The van der Waals surface area contributed by atoms with Crippen molar-refractivity contribution in [2.75, 3.05) is 0 Å². The van der Waals surface area contributed by atoms with E-state index >= 15 is 0 Å². The Bertz CT molecular complexity index is 555. The van der Waals surface area contributed by atoms with Gasteiger partial charge in [-0.3, -0.25) is 0 Å². The Hall–Kier alpha value is -1.94. The van der Waals surface area contributed by atoms with Crippen molar-refractivity contribution in [2.24, 2.45) is 0 Å². The Morgan fingerprint density at radius 3 is 2.83 bits per heavy atom. The van der Waals surface area contributed by atoms with Crippen LogP contribution in [0.4, 0.5) is 4.39 Å². The maximum atomic E-state index is 13.7. The third-order valence-electron chi connectivity index (χ3n) is 2.61. The SMILES string of the molecule is Cc1cccc(Oc2cc(C(C)O)ccn2)c1F. The van der Waals surface area contributed by atoms with Gasteiger partial charge >= 0.3 is 0 Å². The van der Waals surface area contributed by atoms with E-state index in [2.05, 4.69) is 4.98 Å². The standard InChI is InChI=1S/C14H14FNO2/c1-9-4-3-5-12(14(9)15)18-13-8-11(10(2)17)6-7-16-13/h3-8,10,17H,1-2H3. The minimum absolute atomic E-state index is 0.130. The lowest BCUT2D eigenvalue weighted by atomic mass is 10.2. The Labute approximate surface area is 105 Å². The van der Waals surface area contributed by atoms with Crippen LogP contribution in [0.5, 0.6) is 11.6 Å². The summed E-state index contributed by atoms with van der Waals surface area (Å²) < 4.78 is 19.1. The number of hydrogen-bond acceptors (Lipinski definition) is 3. The smallest absolute Gasteiger partial charge is 0.219 e. The van der Waals surface area contributed by atoms with Gasteiger partial charge in [0.1, 0.15) is 0 Å². The number of rotatable bonds is 3. The number of benzene rings is 1. The third-order valence-corrected chi connectivity index (χ3v) is 2.61. The minimum Gasteiger partial charge on any atom is -0.436 e. The van der Waals surface area contributed by atoms with Crippen molar-refractivity contribution in [3.8, 4) is 11.6 Å². The second kappa shape index (κ2) is 5.14. The van der Waals surface area contributed by atoms with E-state index in [0.29, 0.717) is 11.1 Å². The van der Waals surface area contributed by atoms with Crippen molar-refractivity contribution >= 4 is 0 Å². The predicted octanol–water partition coefficient (Wildman–Crippen LogP) is 3.37. The first kappa shape index (κ1) is 12.5. The van der Waals surface area contributed by atoms with Gasteiger partial charge in [-0.25, -0.2) is 9.37 Å². The van der Waals surface area contributed by atoms with E-state index < -0.39 is 11.9 Å². The number of nitrogens with zero attached hydrogens (tertiary/aromatic N) is 1. The van der Waals surface area contributed by atoms with Crippen LogP contribution in [0.25, 0.3) is 0 Å². The molecule has 0 aliphatic carbocycles. The first-order valence-electron chi connectivity index (χ1n) is 5.65. The van der Waals surface area contributed by atoms with Crippen LogP contribution in [-0.4, -0.2) is 10.1 Å². The fourth-order valence-corrected chi connectivity index (χ4v) is 1.55.